The second-order valence-corrected chi connectivity index (χ2v) is 3.96. The predicted octanol–water partition coefficient (Wildman–Crippen LogP) is 3.32. The van der Waals surface area contributed by atoms with Crippen molar-refractivity contribution in [1.29, 1.82) is 0 Å². The van der Waals surface area contributed by atoms with Gasteiger partial charge in [0.15, 0.2) is 0 Å². The molecule has 90 valence electrons. The average Bonchev–Trinajstić information content (AvgIpc) is 2.27. The van der Waals surface area contributed by atoms with Crippen LogP contribution in [0.3, 0.4) is 0 Å². The monoisotopic (exact) mass is 218 g/mol. The van der Waals surface area contributed by atoms with Gasteiger partial charge in [-0.2, -0.15) is 0 Å². The van der Waals surface area contributed by atoms with Gasteiger partial charge in [-0.25, -0.2) is 9.78 Å². The molecule has 0 aromatic heterocycles. The lowest BCUT2D eigenvalue weighted by atomic mass is 10.1. The van der Waals surface area contributed by atoms with E-state index in [0.717, 1.165) is 12.8 Å². The van der Waals surface area contributed by atoms with Crippen LogP contribution in [0.5, 0.6) is 0 Å². The van der Waals surface area contributed by atoms with Crippen LogP contribution in [0.15, 0.2) is 0 Å². The Balaban J connectivity index is 2.01. The predicted molar refractivity (Wildman–Crippen MR) is 55.6 cm³/mol. The minimum absolute atomic E-state index is 0.573. The van der Waals surface area contributed by atoms with Gasteiger partial charge in [0.25, 0.3) is 0 Å². The second-order valence-electron chi connectivity index (χ2n) is 3.96. The van der Waals surface area contributed by atoms with Gasteiger partial charge in [-0.1, -0.05) is 44.9 Å². The van der Waals surface area contributed by atoms with Crippen molar-refractivity contribution in [2.45, 2.75) is 57.8 Å². The summed E-state index contributed by atoms with van der Waals surface area (Å²) in [6.45, 7) is 1.15. The fourth-order valence-electron chi connectivity index (χ4n) is 1.67. The highest BCUT2D eigenvalue weighted by Gasteiger charge is 1.97. The van der Waals surface area contributed by atoms with Gasteiger partial charge in [-0.05, 0) is 22.9 Å². The summed E-state index contributed by atoms with van der Waals surface area (Å²) >= 11 is 0. The highest BCUT2D eigenvalue weighted by atomic mass is 17.7. The number of hydrogen-bond acceptors (Lipinski definition) is 4. The highest BCUT2D eigenvalue weighted by molar-refractivity contribution is 4.47. The van der Waals surface area contributed by atoms with E-state index in [1.54, 1.807) is 0 Å². The Morgan fingerprint density at radius 2 is 0.733 bits per heavy atom. The van der Waals surface area contributed by atoms with Gasteiger partial charge >= 0.3 is 0 Å². The first-order chi connectivity index (χ1) is 7.50. The Bertz CT molecular complexity index is 71.2. The van der Waals surface area contributed by atoms with Gasteiger partial charge in [0.2, 0.25) is 0 Å². The van der Waals surface area contributed by atoms with Crippen LogP contribution in [0.25, 0.3) is 0 Å². The Kier molecular flexibility index (Phi) is 8.92. The third-order valence-electron chi connectivity index (χ3n) is 2.58. The summed E-state index contributed by atoms with van der Waals surface area (Å²) in [7, 11) is 0. The topological polar surface area (TPSA) is 36.9 Å². The van der Waals surface area contributed by atoms with Crippen molar-refractivity contribution < 1.29 is 19.9 Å². The lowest BCUT2D eigenvalue weighted by Gasteiger charge is -2.01. The molecule has 1 saturated heterocycles. The summed E-state index contributed by atoms with van der Waals surface area (Å²) in [5, 5.41) is 8.77. The lowest BCUT2D eigenvalue weighted by molar-refractivity contribution is -0.634. The first kappa shape index (κ1) is 12.9. The molecule has 4 nitrogen and oxygen atoms in total. The first-order valence-electron chi connectivity index (χ1n) is 6.08. The van der Waals surface area contributed by atoms with Crippen molar-refractivity contribution >= 4 is 0 Å². The first-order valence-corrected chi connectivity index (χ1v) is 6.08. The summed E-state index contributed by atoms with van der Waals surface area (Å²) in [4.78, 5) is 9.52. The van der Waals surface area contributed by atoms with Crippen LogP contribution in [0.2, 0.25) is 0 Å². The van der Waals surface area contributed by atoms with Crippen molar-refractivity contribution in [3.63, 3.8) is 0 Å². The molecule has 1 aliphatic heterocycles. The van der Waals surface area contributed by atoms with E-state index < -0.39 is 0 Å². The summed E-state index contributed by atoms with van der Waals surface area (Å²) < 4.78 is 0. The summed E-state index contributed by atoms with van der Waals surface area (Å²) in [5.41, 5.74) is 0. The summed E-state index contributed by atoms with van der Waals surface area (Å²) in [6, 6.07) is 0. The maximum Gasteiger partial charge on any atom is 0.0854 e. The Labute approximate surface area is 91.6 Å². The zero-order valence-electron chi connectivity index (χ0n) is 9.41. The minimum Gasteiger partial charge on any atom is -0.204 e. The number of hydrogen-bond donors (Lipinski definition) is 0. The maximum absolute atomic E-state index is 4.76. The van der Waals surface area contributed by atoms with E-state index in [1.807, 2.05) is 0 Å². The van der Waals surface area contributed by atoms with Gasteiger partial charge in [-0.3, -0.25) is 0 Å². The molecule has 15 heavy (non-hydrogen) atoms. The van der Waals surface area contributed by atoms with E-state index in [0.29, 0.717) is 13.2 Å². The second kappa shape index (κ2) is 10.4. The van der Waals surface area contributed by atoms with Crippen molar-refractivity contribution in [2.24, 2.45) is 0 Å². The van der Waals surface area contributed by atoms with Gasteiger partial charge in [0.05, 0.1) is 13.2 Å². The normalized spacial score (nSPS) is 24.0. The van der Waals surface area contributed by atoms with E-state index in [9.17, 15) is 0 Å². The smallest absolute Gasteiger partial charge is 0.0854 e. The van der Waals surface area contributed by atoms with Crippen LogP contribution < -0.4 is 0 Å². The molecule has 0 N–H and O–H groups in total. The summed E-state index contributed by atoms with van der Waals surface area (Å²) in [5.74, 6) is 0. The van der Waals surface area contributed by atoms with Crippen LogP contribution in [0, 0.1) is 0 Å². The van der Waals surface area contributed by atoms with Gasteiger partial charge in [0.1, 0.15) is 0 Å². The molecule has 0 aromatic carbocycles. The van der Waals surface area contributed by atoms with Crippen molar-refractivity contribution in [1.82, 2.24) is 0 Å². The average molecular weight is 218 g/mol. The van der Waals surface area contributed by atoms with Crippen LogP contribution in [0.1, 0.15) is 57.8 Å². The van der Waals surface area contributed by atoms with E-state index >= 15 is 0 Å². The largest absolute Gasteiger partial charge is 0.204 e. The standard InChI is InChI=1S/C11H22O4/c1-2-4-6-8-10-12-14-15-13-11-9-7-5-3-1/h1-11H2. The SMILES string of the molecule is C1CCCCCOOOOCCCCC1. The van der Waals surface area contributed by atoms with Crippen molar-refractivity contribution in [3.05, 3.63) is 0 Å². The zero-order chi connectivity index (χ0) is 10.6. The fraction of sp³-hybridized carbons (Fsp3) is 1.00. The molecule has 0 spiro atoms. The molecule has 0 aliphatic carbocycles. The van der Waals surface area contributed by atoms with Crippen LogP contribution in [-0.4, -0.2) is 13.2 Å². The van der Waals surface area contributed by atoms with Crippen LogP contribution >= 0.6 is 0 Å². The Morgan fingerprint density at radius 3 is 1.13 bits per heavy atom. The van der Waals surface area contributed by atoms with Gasteiger partial charge in [-0.15, -0.1) is 0 Å². The molecule has 1 aliphatic rings. The number of rotatable bonds is 0. The third-order valence-corrected chi connectivity index (χ3v) is 2.58. The maximum atomic E-state index is 4.76. The highest BCUT2D eigenvalue weighted by Crippen LogP contribution is 2.10. The Morgan fingerprint density at radius 1 is 0.400 bits per heavy atom. The Hall–Kier alpha value is -0.160. The molecule has 0 aromatic rings. The molecule has 0 atom stereocenters. The zero-order valence-corrected chi connectivity index (χ0v) is 9.41. The lowest BCUT2D eigenvalue weighted by Crippen LogP contribution is -2.01. The van der Waals surface area contributed by atoms with Crippen LogP contribution in [0.4, 0.5) is 0 Å². The van der Waals surface area contributed by atoms with E-state index in [4.69, 9.17) is 9.78 Å². The molecular formula is C11H22O4. The molecule has 1 heterocycles. The van der Waals surface area contributed by atoms with Crippen molar-refractivity contribution in [3.8, 4) is 0 Å². The minimum atomic E-state index is 0.573. The molecule has 0 saturated carbocycles. The molecule has 0 radical (unpaired) electrons. The third kappa shape index (κ3) is 8.81. The fourth-order valence-corrected chi connectivity index (χ4v) is 1.67. The van der Waals surface area contributed by atoms with E-state index in [1.165, 1.54) is 44.9 Å². The van der Waals surface area contributed by atoms with E-state index in [2.05, 4.69) is 10.1 Å². The quantitative estimate of drug-likeness (QED) is 0.584. The molecule has 0 amide bonds. The van der Waals surface area contributed by atoms with Gasteiger partial charge in [0, 0.05) is 0 Å². The van der Waals surface area contributed by atoms with Crippen molar-refractivity contribution in [2.75, 3.05) is 13.2 Å². The van der Waals surface area contributed by atoms with Crippen LogP contribution in [-0.2, 0) is 19.9 Å². The summed E-state index contributed by atoms with van der Waals surface area (Å²) in [6.07, 6.45) is 11.1. The molecule has 1 rings (SSSR count). The molecule has 0 bridgehead atoms. The van der Waals surface area contributed by atoms with Gasteiger partial charge < -0.3 is 0 Å². The molecule has 1 fully saturated rings. The van der Waals surface area contributed by atoms with E-state index in [-0.39, 0.29) is 0 Å². The molecular weight excluding hydrogens is 196 g/mol. The molecule has 4 heteroatoms. The molecule has 0 unspecified atom stereocenters.